The molecule has 0 bridgehead atoms. The zero-order valence-corrected chi connectivity index (χ0v) is 7.98. The summed E-state index contributed by atoms with van der Waals surface area (Å²) in [7, 11) is 0. The smallest absolute Gasteiger partial charge is 0.384 e. The van der Waals surface area contributed by atoms with Crippen LogP contribution in [0.25, 0.3) is 0 Å². The number of halogens is 4. The van der Waals surface area contributed by atoms with Crippen molar-refractivity contribution >= 4 is 21.7 Å². The maximum atomic E-state index is 12.3. The van der Waals surface area contributed by atoms with Crippen molar-refractivity contribution in [1.29, 1.82) is 0 Å². The quantitative estimate of drug-likeness (QED) is 0.783. The minimum atomic E-state index is -4.37. The number of anilines is 1. The van der Waals surface area contributed by atoms with E-state index in [2.05, 4.69) is 20.9 Å². The fraction of sp³-hybridized carbons (Fsp3) is 0.286. The van der Waals surface area contributed by atoms with Crippen molar-refractivity contribution in [3.63, 3.8) is 0 Å². The maximum Gasteiger partial charge on any atom is 0.416 e. The Morgan fingerprint density at radius 1 is 1.46 bits per heavy atom. The SMILES string of the molecule is Nc1cc(C(F)(F)F)c(CBr)cn1. The van der Waals surface area contributed by atoms with Gasteiger partial charge in [0.05, 0.1) is 5.56 Å². The maximum absolute atomic E-state index is 12.3. The minimum absolute atomic E-state index is 0.0849. The third kappa shape index (κ3) is 2.33. The molecule has 0 aliphatic heterocycles. The topological polar surface area (TPSA) is 38.9 Å². The molecule has 72 valence electrons. The molecule has 0 aromatic carbocycles. The number of pyridine rings is 1. The number of aromatic nitrogens is 1. The van der Waals surface area contributed by atoms with E-state index < -0.39 is 11.7 Å². The second kappa shape index (κ2) is 3.53. The summed E-state index contributed by atoms with van der Waals surface area (Å²) in [5.74, 6) is -0.128. The first-order valence-electron chi connectivity index (χ1n) is 3.32. The molecule has 2 nitrogen and oxygen atoms in total. The average molecular weight is 255 g/mol. The number of hydrogen-bond acceptors (Lipinski definition) is 2. The highest BCUT2D eigenvalue weighted by Crippen LogP contribution is 2.33. The Bertz CT molecular complexity index is 311. The van der Waals surface area contributed by atoms with E-state index in [-0.39, 0.29) is 16.7 Å². The molecule has 0 aliphatic carbocycles. The summed E-state index contributed by atoms with van der Waals surface area (Å²) in [6, 6.07) is 0.830. The molecule has 0 fully saturated rings. The Morgan fingerprint density at radius 2 is 2.08 bits per heavy atom. The van der Waals surface area contributed by atoms with Gasteiger partial charge in [0.2, 0.25) is 0 Å². The van der Waals surface area contributed by atoms with Gasteiger partial charge < -0.3 is 5.73 Å². The molecule has 1 heterocycles. The number of nitrogen functional groups attached to an aromatic ring is 1. The highest BCUT2D eigenvalue weighted by Gasteiger charge is 2.33. The number of rotatable bonds is 1. The van der Waals surface area contributed by atoms with E-state index in [0.717, 1.165) is 12.3 Å². The van der Waals surface area contributed by atoms with Crippen LogP contribution < -0.4 is 5.73 Å². The molecule has 0 radical (unpaired) electrons. The summed E-state index contributed by atoms with van der Waals surface area (Å²) in [5.41, 5.74) is 4.50. The summed E-state index contributed by atoms with van der Waals surface area (Å²) in [4.78, 5) is 3.57. The first-order chi connectivity index (χ1) is 5.95. The van der Waals surface area contributed by atoms with Crippen LogP contribution in [0.1, 0.15) is 11.1 Å². The second-order valence-corrected chi connectivity index (χ2v) is 2.96. The lowest BCUT2D eigenvalue weighted by atomic mass is 10.1. The number of hydrogen-bond donors (Lipinski definition) is 1. The zero-order valence-electron chi connectivity index (χ0n) is 6.40. The molecule has 1 aromatic rings. The number of alkyl halides is 4. The molecule has 1 aromatic heterocycles. The Kier molecular flexibility index (Phi) is 2.80. The van der Waals surface area contributed by atoms with Gasteiger partial charge in [-0.2, -0.15) is 13.2 Å². The van der Waals surface area contributed by atoms with Gasteiger partial charge >= 0.3 is 6.18 Å². The third-order valence-corrected chi connectivity index (χ3v) is 2.06. The van der Waals surface area contributed by atoms with Crippen LogP contribution in [0.4, 0.5) is 19.0 Å². The van der Waals surface area contributed by atoms with Crippen LogP contribution in [0, 0.1) is 0 Å². The normalized spacial score (nSPS) is 11.7. The average Bonchev–Trinajstić information content (AvgIpc) is 2.03. The van der Waals surface area contributed by atoms with Gasteiger partial charge in [0.1, 0.15) is 5.82 Å². The van der Waals surface area contributed by atoms with Crippen LogP contribution in [-0.2, 0) is 11.5 Å². The number of nitrogens with zero attached hydrogens (tertiary/aromatic N) is 1. The molecular formula is C7H6BrF3N2. The van der Waals surface area contributed by atoms with Gasteiger partial charge in [-0.25, -0.2) is 4.98 Å². The van der Waals surface area contributed by atoms with Crippen LogP contribution >= 0.6 is 15.9 Å². The highest BCUT2D eigenvalue weighted by molar-refractivity contribution is 9.08. The van der Waals surface area contributed by atoms with Crippen molar-refractivity contribution in [2.45, 2.75) is 11.5 Å². The van der Waals surface area contributed by atoms with Crippen LogP contribution in [0.2, 0.25) is 0 Å². The van der Waals surface area contributed by atoms with E-state index in [9.17, 15) is 13.2 Å². The fourth-order valence-electron chi connectivity index (χ4n) is 0.870. The predicted molar refractivity (Wildman–Crippen MR) is 46.3 cm³/mol. The molecule has 13 heavy (non-hydrogen) atoms. The minimum Gasteiger partial charge on any atom is -0.384 e. The molecule has 6 heteroatoms. The molecule has 0 spiro atoms. The summed E-state index contributed by atoms with van der Waals surface area (Å²) >= 11 is 2.94. The van der Waals surface area contributed by atoms with Crippen molar-refractivity contribution in [3.8, 4) is 0 Å². The lowest BCUT2D eigenvalue weighted by Gasteiger charge is -2.10. The fourth-order valence-corrected chi connectivity index (χ4v) is 1.32. The van der Waals surface area contributed by atoms with Crippen molar-refractivity contribution in [3.05, 3.63) is 23.4 Å². The van der Waals surface area contributed by atoms with Crippen LogP contribution in [-0.4, -0.2) is 4.98 Å². The van der Waals surface area contributed by atoms with Gasteiger partial charge in [-0.05, 0) is 11.6 Å². The van der Waals surface area contributed by atoms with Crippen molar-refractivity contribution in [1.82, 2.24) is 4.98 Å². The van der Waals surface area contributed by atoms with E-state index >= 15 is 0 Å². The molecule has 0 saturated heterocycles. The lowest BCUT2D eigenvalue weighted by Crippen LogP contribution is -2.10. The summed E-state index contributed by atoms with van der Waals surface area (Å²) in [6.07, 6.45) is -3.26. The van der Waals surface area contributed by atoms with Gasteiger partial charge in [-0.1, -0.05) is 15.9 Å². The van der Waals surface area contributed by atoms with Crippen molar-refractivity contribution in [2.24, 2.45) is 0 Å². The van der Waals surface area contributed by atoms with Crippen molar-refractivity contribution in [2.75, 3.05) is 5.73 Å². The second-order valence-electron chi connectivity index (χ2n) is 2.40. The van der Waals surface area contributed by atoms with Crippen LogP contribution in [0.5, 0.6) is 0 Å². The van der Waals surface area contributed by atoms with E-state index in [0.29, 0.717) is 0 Å². The first kappa shape index (κ1) is 10.3. The highest BCUT2D eigenvalue weighted by atomic mass is 79.9. The molecule has 2 N–H and O–H groups in total. The van der Waals surface area contributed by atoms with Gasteiger partial charge in [-0.15, -0.1) is 0 Å². The standard InChI is InChI=1S/C7H6BrF3N2/c8-2-4-3-13-6(12)1-5(4)7(9,10)11/h1,3H,2H2,(H2,12,13). The summed E-state index contributed by atoms with van der Waals surface area (Å²) < 4.78 is 36.9. The predicted octanol–water partition coefficient (Wildman–Crippen LogP) is 2.58. The Balaban J connectivity index is 3.24. The van der Waals surface area contributed by atoms with Gasteiger partial charge in [0.15, 0.2) is 0 Å². The number of nitrogens with two attached hydrogens (primary N) is 1. The van der Waals surface area contributed by atoms with Gasteiger partial charge in [0.25, 0.3) is 0 Å². The zero-order chi connectivity index (χ0) is 10.1. The summed E-state index contributed by atoms with van der Waals surface area (Å²) in [5, 5.41) is 0.106. The van der Waals surface area contributed by atoms with E-state index in [4.69, 9.17) is 5.73 Å². The summed E-state index contributed by atoms with van der Waals surface area (Å²) in [6.45, 7) is 0. The Morgan fingerprint density at radius 3 is 2.54 bits per heavy atom. The lowest BCUT2D eigenvalue weighted by molar-refractivity contribution is -0.138. The Hall–Kier alpha value is -0.780. The van der Waals surface area contributed by atoms with E-state index in [1.165, 1.54) is 0 Å². The molecule has 0 atom stereocenters. The van der Waals surface area contributed by atoms with Gasteiger partial charge in [0, 0.05) is 11.5 Å². The molecule has 0 amide bonds. The first-order valence-corrected chi connectivity index (χ1v) is 4.45. The van der Waals surface area contributed by atoms with E-state index in [1.807, 2.05) is 0 Å². The molecule has 0 unspecified atom stereocenters. The van der Waals surface area contributed by atoms with Crippen LogP contribution in [0.15, 0.2) is 12.3 Å². The third-order valence-electron chi connectivity index (χ3n) is 1.46. The molecule has 0 saturated carbocycles. The molecule has 0 aliphatic rings. The Labute approximate surface area is 81.1 Å². The largest absolute Gasteiger partial charge is 0.416 e. The van der Waals surface area contributed by atoms with Crippen molar-refractivity contribution < 1.29 is 13.2 Å². The van der Waals surface area contributed by atoms with Crippen LogP contribution in [0.3, 0.4) is 0 Å². The molecule has 1 rings (SSSR count). The monoisotopic (exact) mass is 254 g/mol. The van der Waals surface area contributed by atoms with Gasteiger partial charge in [-0.3, -0.25) is 0 Å². The molecular weight excluding hydrogens is 249 g/mol. The van der Waals surface area contributed by atoms with E-state index in [1.54, 1.807) is 0 Å².